The predicted octanol–water partition coefficient (Wildman–Crippen LogP) is 0.301. The molecule has 0 unspecified atom stereocenters. The Labute approximate surface area is 111 Å². The Bertz CT molecular complexity index is 527. The fourth-order valence-electron chi connectivity index (χ4n) is 1.84. The lowest BCUT2D eigenvalue weighted by molar-refractivity contribution is 0.432. The predicted molar refractivity (Wildman–Crippen MR) is 69.9 cm³/mol. The molecule has 1 aliphatic rings. The first-order valence-electron chi connectivity index (χ1n) is 5.64. The SMILES string of the molecule is Nc1ncc(Cl)cc1S(=O)(=O)N1CCCNCC1. The summed E-state index contributed by atoms with van der Waals surface area (Å²) in [6.45, 7) is 2.35. The molecule has 1 saturated heterocycles. The van der Waals surface area contributed by atoms with Crippen LogP contribution in [0.4, 0.5) is 5.82 Å². The average molecular weight is 291 g/mol. The van der Waals surface area contributed by atoms with E-state index < -0.39 is 10.0 Å². The Morgan fingerprint density at radius 3 is 2.94 bits per heavy atom. The van der Waals surface area contributed by atoms with Gasteiger partial charge in [-0.25, -0.2) is 13.4 Å². The van der Waals surface area contributed by atoms with Gasteiger partial charge in [0.1, 0.15) is 10.7 Å². The minimum Gasteiger partial charge on any atom is -0.383 e. The zero-order valence-corrected chi connectivity index (χ0v) is 11.3. The van der Waals surface area contributed by atoms with E-state index >= 15 is 0 Å². The maximum Gasteiger partial charge on any atom is 0.246 e. The second-order valence-corrected chi connectivity index (χ2v) is 6.39. The van der Waals surface area contributed by atoms with E-state index in [0.717, 1.165) is 13.0 Å². The van der Waals surface area contributed by atoms with E-state index in [1.807, 2.05) is 0 Å². The largest absolute Gasteiger partial charge is 0.383 e. The molecule has 6 nitrogen and oxygen atoms in total. The van der Waals surface area contributed by atoms with Crippen molar-refractivity contribution in [3.63, 3.8) is 0 Å². The van der Waals surface area contributed by atoms with Crippen LogP contribution in [0.5, 0.6) is 0 Å². The molecule has 100 valence electrons. The Balaban J connectivity index is 2.37. The molecule has 0 bridgehead atoms. The molecule has 3 N–H and O–H groups in total. The van der Waals surface area contributed by atoms with Crippen LogP contribution in [-0.4, -0.2) is 43.9 Å². The molecule has 0 aliphatic carbocycles. The molecule has 0 amide bonds. The molecule has 0 spiro atoms. The van der Waals surface area contributed by atoms with E-state index in [9.17, 15) is 8.42 Å². The highest BCUT2D eigenvalue weighted by Crippen LogP contribution is 2.24. The van der Waals surface area contributed by atoms with Crippen molar-refractivity contribution in [2.45, 2.75) is 11.3 Å². The topological polar surface area (TPSA) is 88.3 Å². The lowest BCUT2D eigenvalue weighted by Gasteiger charge is -2.20. The number of nitrogens with two attached hydrogens (primary N) is 1. The summed E-state index contributed by atoms with van der Waals surface area (Å²) in [5, 5.41) is 3.41. The Hall–Kier alpha value is -0.890. The molecule has 2 rings (SSSR count). The molecule has 8 heteroatoms. The maximum absolute atomic E-state index is 12.4. The van der Waals surface area contributed by atoms with E-state index in [1.165, 1.54) is 16.6 Å². The lowest BCUT2D eigenvalue weighted by atomic mass is 10.4. The molecule has 1 aromatic rings. The van der Waals surface area contributed by atoms with Crippen LogP contribution in [-0.2, 0) is 10.0 Å². The number of pyridine rings is 1. The van der Waals surface area contributed by atoms with Gasteiger partial charge in [-0.3, -0.25) is 0 Å². The van der Waals surface area contributed by atoms with E-state index in [1.54, 1.807) is 0 Å². The fourth-order valence-corrected chi connectivity index (χ4v) is 3.63. The highest BCUT2D eigenvalue weighted by Gasteiger charge is 2.27. The normalized spacial score (nSPS) is 18.5. The van der Waals surface area contributed by atoms with Crippen molar-refractivity contribution in [2.24, 2.45) is 0 Å². The molecular weight excluding hydrogens is 276 g/mol. The van der Waals surface area contributed by atoms with E-state index in [4.69, 9.17) is 17.3 Å². The Morgan fingerprint density at radius 2 is 2.17 bits per heavy atom. The number of hydrogen-bond acceptors (Lipinski definition) is 5. The fraction of sp³-hybridized carbons (Fsp3) is 0.500. The first-order valence-corrected chi connectivity index (χ1v) is 7.45. The average Bonchev–Trinajstić information content (AvgIpc) is 2.61. The molecule has 0 atom stereocenters. The van der Waals surface area contributed by atoms with Crippen molar-refractivity contribution in [3.05, 3.63) is 17.3 Å². The van der Waals surface area contributed by atoms with Crippen LogP contribution in [0.15, 0.2) is 17.2 Å². The van der Waals surface area contributed by atoms with Crippen LogP contribution in [0.1, 0.15) is 6.42 Å². The summed E-state index contributed by atoms with van der Waals surface area (Å²) >= 11 is 5.78. The molecule has 1 fully saturated rings. The maximum atomic E-state index is 12.4. The molecular formula is C10H15ClN4O2S. The minimum absolute atomic E-state index is 0.0168. The summed E-state index contributed by atoms with van der Waals surface area (Å²) in [5.41, 5.74) is 5.63. The molecule has 1 aromatic heterocycles. The Kier molecular flexibility index (Phi) is 4.06. The molecule has 18 heavy (non-hydrogen) atoms. The standard InChI is InChI=1S/C10H15ClN4O2S/c11-8-6-9(10(12)14-7-8)18(16,17)15-4-1-2-13-3-5-15/h6-7,13H,1-5H2,(H2,12,14). The van der Waals surface area contributed by atoms with Gasteiger partial charge >= 0.3 is 0 Å². The molecule has 0 aromatic carbocycles. The number of aromatic nitrogens is 1. The number of nitrogen functional groups attached to an aromatic ring is 1. The van der Waals surface area contributed by atoms with Crippen LogP contribution in [0.25, 0.3) is 0 Å². The van der Waals surface area contributed by atoms with Gasteiger partial charge in [-0.05, 0) is 19.0 Å². The van der Waals surface area contributed by atoms with Gasteiger partial charge < -0.3 is 11.1 Å². The summed E-state index contributed by atoms with van der Waals surface area (Å²) in [4.78, 5) is 3.77. The highest BCUT2D eigenvalue weighted by molar-refractivity contribution is 7.89. The van der Waals surface area contributed by atoms with Gasteiger partial charge in [0.05, 0.1) is 5.02 Å². The smallest absolute Gasteiger partial charge is 0.246 e. The summed E-state index contributed by atoms with van der Waals surface area (Å²) < 4.78 is 26.3. The summed E-state index contributed by atoms with van der Waals surface area (Å²) in [6, 6.07) is 1.34. The zero-order chi connectivity index (χ0) is 13.2. The van der Waals surface area contributed by atoms with Crippen molar-refractivity contribution in [1.82, 2.24) is 14.6 Å². The summed E-state index contributed by atoms with van der Waals surface area (Å²) in [5.74, 6) is -0.0170. The van der Waals surface area contributed by atoms with Gasteiger partial charge in [0.2, 0.25) is 10.0 Å². The van der Waals surface area contributed by atoms with E-state index in [2.05, 4.69) is 10.3 Å². The van der Waals surface area contributed by atoms with Crippen molar-refractivity contribution < 1.29 is 8.42 Å². The third-order valence-electron chi connectivity index (χ3n) is 2.77. The number of sulfonamides is 1. The zero-order valence-electron chi connectivity index (χ0n) is 9.76. The third-order valence-corrected chi connectivity index (χ3v) is 4.90. The number of nitrogens with one attached hydrogen (secondary N) is 1. The van der Waals surface area contributed by atoms with E-state index in [-0.39, 0.29) is 15.7 Å². The molecule has 2 heterocycles. The second-order valence-electron chi connectivity index (χ2n) is 4.04. The molecule has 1 aliphatic heterocycles. The van der Waals surface area contributed by atoms with Crippen LogP contribution in [0.3, 0.4) is 0 Å². The van der Waals surface area contributed by atoms with Crippen molar-refractivity contribution in [3.8, 4) is 0 Å². The summed E-state index contributed by atoms with van der Waals surface area (Å²) in [6.07, 6.45) is 2.10. The number of nitrogens with zero attached hydrogens (tertiary/aromatic N) is 2. The second kappa shape index (κ2) is 5.40. The van der Waals surface area contributed by atoms with Gasteiger partial charge in [0, 0.05) is 25.8 Å². The monoisotopic (exact) mass is 290 g/mol. The van der Waals surface area contributed by atoms with Crippen molar-refractivity contribution in [1.29, 1.82) is 0 Å². The quantitative estimate of drug-likeness (QED) is 0.818. The van der Waals surface area contributed by atoms with Gasteiger partial charge in [-0.15, -0.1) is 0 Å². The minimum atomic E-state index is -3.62. The van der Waals surface area contributed by atoms with Gasteiger partial charge in [-0.2, -0.15) is 4.31 Å². The number of anilines is 1. The highest BCUT2D eigenvalue weighted by atomic mass is 35.5. The number of hydrogen-bond donors (Lipinski definition) is 2. The number of rotatable bonds is 2. The first-order chi connectivity index (χ1) is 8.51. The third kappa shape index (κ3) is 2.74. The molecule has 0 radical (unpaired) electrons. The van der Waals surface area contributed by atoms with Gasteiger partial charge in [0.15, 0.2) is 0 Å². The lowest BCUT2D eigenvalue weighted by Crippen LogP contribution is -2.34. The summed E-state index contributed by atoms with van der Waals surface area (Å²) in [7, 11) is -3.62. The van der Waals surface area contributed by atoms with E-state index in [0.29, 0.717) is 19.6 Å². The Morgan fingerprint density at radius 1 is 1.39 bits per heavy atom. The van der Waals surface area contributed by atoms with Crippen molar-refractivity contribution in [2.75, 3.05) is 31.9 Å². The van der Waals surface area contributed by atoms with Crippen molar-refractivity contribution >= 4 is 27.4 Å². The van der Waals surface area contributed by atoms with Gasteiger partial charge in [-0.1, -0.05) is 11.6 Å². The number of halogens is 1. The van der Waals surface area contributed by atoms with Crippen LogP contribution >= 0.6 is 11.6 Å². The van der Waals surface area contributed by atoms with Crippen LogP contribution < -0.4 is 11.1 Å². The van der Waals surface area contributed by atoms with Gasteiger partial charge in [0.25, 0.3) is 0 Å². The van der Waals surface area contributed by atoms with Crippen LogP contribution in [0.2, 0.25) is 5.02 Å². The molecule has 0 saturated carbocycles. The van der Waals surface area contributed by atoms with Crippen LogP contribution in [0, 0.1) is 0 Å². The first kappa shape index (κ1) is 13.5.